The Morgan fingerprint density at radius 2 is 2.26 bits per heavy atom. The quantitative estimate of drug-likeness (QED) is 0.852. The Balaban J connectivity index is 2.25. The van der Waals surface area contributed by atoms with Crippen LogP contribution in [0.5, 0.6) is 0 Å². The Labute approximate surface area is 112 Å². The molecular formula is C14H19N3O2. The lowest BCUT2D eigenvalue weighted by atomic mass is 10.1. The van der Waals surface area contributed by atoms with Crippen LogP contribution in [0.25, 0.3) is 0 Å². The number of amides is 2. The summed E-state index contributed by atoms with van der Waals surface area (Å²) in [5, 5.41) is 3.03. The van der Waals surface area contributed by atoms with E-state index in [1.807, 2.05) is 32.2 Å². The van der Waals surface area contributed by atoms with Crippen LogP contribution in [0.4, 0.5) is 11.4 Å². The van der Waals surface area contributed by atoms with Gasteiger partial charge in [0.05, 0.1) is 12.1 Å². The molecule has 1 unspecified atom stereocenters. The van der Waals surface area contributed by atoms with Gasteiger partial charge in [-0.15, -0.1) is 0 Å². The molecular weight excluding hydrogens is 242 g/mol. The van der Waals surface area contributed by atoms with Crippen molar-refractivity contribution in [1.29, 1.82) is 0 Å². The second-order valence-electron chi connectivity index (χ2n) is 4.94. The van der Waals surface area contributed by atoms with E-state index in [0.717, 1.165) is 11.3 Å². The van der Waals surface area contributed by atoms with Crippen LogP contribution in [-0.2, 0) is 16.0 Å². The Bertz CT molecular complexity index is 513. The molecule has 1 aromatic rings. The molecule has 0 radical (unpaired) electrons. The fraction of sp³-hybridized carbons (Fsp3) is 0.429. The summed E-state index contributed by atoms with van der Waals surface area (Å²) < 4.78 is 0. The zero-order valence-corrected chi connectivity index (χ0v) is 11.3. The standard InChI is InChI=1S/C14H19N3O2/c1-9(8-15)5-13(18)17-12-4-3-11(16-2)6-10(12)7-14(17)19/h3-4,6,9,16H,5,7-8,15H2,1-2H3. The molecule has 0 saturated heterocycles. The second-order valence-corrected chi connectivity index (χ2v) is 4.94. The summed E-state index contributed by atoms with van der Waals surface area (Å²) >= 11 is 0. The third-order valence-electron chi connectivity index (χ3n) is 3.38. The fourth-order valence-corrected chi connectivity index (χ4v) is 2.22. The number of anilines is 2. The first-order valence-electron chi connectivity index (χ1n) is 6.43. The van der Waals surface area contributed by atoms with Crippen molar-refractivity contribution in [2.45, 2.75) is 19.8 Å². The van der Waals surface area contributed by atoms with Gasteiger partial charge >= 0.3 is 0 Å². The molecule has 1 aliphatic rings. The van der Waals surface area contributed by atoms with E-state index in [-0.39, 0.29) is 24.2 Å². The monoisotopic (exact) mass is 261 g/mol. The minimum Gasteiger partial charge on any atom is -0.388 e. The van der Waals surface area contributed by atoms with Crippen LogP contribution in [0.3, 0.4) is 0 Å². The van der Waals surface area contributed by atoms with Gasteiger partial charge in [-0.05, 0) is 36.2 Å². The van der Waals surface area contributed by atoms with Gasteiger partial charge in [0.15, 0.2) is 0 Å². The van der Waals surface area contributed by atoms with Crippen molar-refractivity contribution >= 4 is 23.2 Å². The Morgan fingerprint density at radius 3 is 2.89 bits per heavy atom. The molecule has 0 aromatic heterocycles. The van der Waals surface area contributed by atoms with Crippen LogP contribution < -0.4 is 16.0 Å². The van der Waals surface area contributed by atoms with E-state index in [2.05, 4.69) is 5.32 Å². The normalized spacial score (nSPS) is 15.3. The van der Waals surface area contributed by atoms with E-state index >= 15 is 0 Å². The maximum atomic E-state index is 12.2. The van der Waals surface area contributed by atoms with Crippen LogP contribution in [-0.4, -0.2) is 25.4 Å². The number of nitrogens with zero attached hydrogens (tertiary/aromatic N) is 1. The molecule has 0 fully saturated rings. The van der Waals surface area contributed by atoms with Crippen molar-refractivity contribution in [3.8, 4) is 0 Å². The molecule has 1 atom stereocenters. The van der Waals surface area contributed by atoms with Crippen LogP contribution >= 0.6 is 0 Å². The molecule has 1 aromatic carbocycles. The lowest BCUT2D eigenvalue weighted by Crippen LogP contribution is -2.35. The second kappa shape index (κ2) is 5.40. The van der Waals surface area contributed by atoms with E-state index in [9.17, 15) is 9.59 Å². The fourth-order valence-electron chi connectivity index (χ4n) is 2.22. The molecule has 2 amide bonds. The number of rotatable bonds is 4. The van der Waals surface area contributed by atoms with Crippen molar-refractivity contribution < 1.29 is 9.59 Å². The van der Waals surface area contributed by atoms with Crippen molar-refractivity contribution in [3.05, 3.63) is 23.8 Å². The van der Waals surface area contributed by atoms with Gasteiger partial charge in [-0.2, -0.15) is 0 Å². The van der Waals surface area contributed by atoms with Gasteiger partial charge in [0.25, 0.3) is 0 Å². The number of hydrogen-bond donors (Lipinski definition) is 2. The van der Waals surface area contributed by atoms with Crippen LogP contribution in [0.1, 0.15) is 18.9 Å². The summed E-state index contributed by atoms with van der Waals surface area (Å²) in [6, 6.07) is 5.59. The maximum absolute atomic E-state index is 12.2. The van der Waals surface area contributed by atoms with Crippen LogP contribution in [0, 0.1) is 5.92 Å². The van der Waals surface area contributed by atoms with Crippen molar-refractivity contribution in [2.24, 2.45) is 11.7 Å². The van der Waals surface area contributed by atoms with Gasteiger partial charge in [0, 0.05) is 19.2 Å². The van der Waals surface area contributed by atoms with E-state index in [4.69, 9.17) is 5.73 Å². The van der Waals surface area contributed by atoms with Crippen LogP contribution in [0.2, 0.25) is 0 Å². The van der Waals surface area contributed by atoms with Crippen molar-refractivity contribution in [3.63, 3.8) is 0 Å². The number of benzene rings is 1. The molecule has 1 heterocycles. The Hall–Kier alpha value is -1.88. The highest BCUT2D eigenvalue weighted by Gasteiger charge is 2.32. The first-order valence-corrected chi connectivity index (χ1v) is 6.43. The van der Waals surface area contributed by atoms with Gasteiger partial charge in [-0.1, -0.05) is 6.92 Å². The van der Waals surface area contributed by atoms with Gasteiger partial charge in [0.1, 0.15) is 0 Å². The van der Waals surface area contributed by atoms with E-state index in [0.29, 0.717) is 18.7 Å². The summed E-state index contributed by atoms with van der Waals surface area (Å²) in [7, 11) is 1.82. The van der Waals surface area contributed by atoms with E-state index in [1.165, 1.54) is 4.90 Å². The van der Waals surface area contributed by atoms with Crippen LogP contribution in [0.15, 0.2) is 18.2 Å². The molecule has 5 heteroatoms. The summed E-state index contributed by atoms with van der Waals surface area (Å²) in [5.41, 5.74) is 8.06. The summed E-state index contributed by atoms with van der Waals surface area (Å²) in [4.78, 5) is 25.5. The Morgan fingerprint density at radius 1 is 1.53 bits per heavy atom. The largest absolute Gasteiger partial charge is 0.388 e. The van der Waals surface area contributed by atoms with Gasteiger partial charge in [-0.25, -0.2) is 4.90 Å². The average molecular weight is 261 g/mol. The van der Waals surface area contributed by atoms with E-state index < -0.39 is 0 Å². The van der Waals surface area contributed by atoms with Gasteiger partial charge in [-0.3, -0.25) is 9.59 Å². The highest BCUT2D eigenvalue weighted by molar-refractivity contribution is 6.19. The summed E-state index contributed by atoms with van der Waals surface area (Å²) in [5.74, 6) is -0.239. The molecule has 5 nitrogen and oxygen atoms in total. The molecule has 1 aliphatic heterocycles. The lowest BCUT2D eigenvalue weighted by molar-refractivity contribution is -0.126. The minimum absolute atomic E-state index is 0.0842. The smallest absolute Gasteiger partial charge is 0.238 e. The molecule has 0 aliphatic carbocycles. The lowest BCUT2D eigenvalue weighted by Gasteiger charge is -2.17. The van der Waals surface area contributed by atoms with Crippen molar-refractivity contribution in [2.75, 3.05) is 23.8 Å². The summed E-state index contributed by atoms with van der Waals surface area (Å²) in [6.07, 6.45) is 0.586. The van der Waals surface area contributed by atoms with Crippen molar-refractivity contribution in [1.82, 2.24) is 0 Å². The Kier molecular flexibility index (Phi) is 3.85. The topological polar surface area (TPSA) is 75.4 Å². The van der Waals surface area contributed by atoms with Gasteiger partial charge in [0.2, 0.25) is 11.8 Å². The number of fused-ring (bicyclic) bond motifs is 1. The SMILES string of the molecule is CNc1ccc2c(c1)CC(=O)N2C(=O)CC(C)CN. The zero-order valence-electron chi connectivity index (χ0n) is 11.3. The predicted molar refractivity (Wildman–Crippen MR) is 75.0 cm³/mol. The summed E-state index contributed by atoms with van der Waals surface area (Å²) in [6.45, 7) is 2.35. The minimum atomic E-state index is -0.168. The molecule has 102 valence electrons. The number of hydrogen-bond acceptors (Lipinski definition) is 4. The molecule has 0 spiro atoms. The number of nitrogens with one attached hydrogen (secondary N) is 1. The molecule has 3 N–H and O–H groups in total. The molecule has 19 heavy (non-hydrogen) atoms. The molecule has 0 bridgehead atoms. The van der Waals surface area contributed by atoms with Gasteiger partial charge < -0.3 is 11.1 Å². The highest BCUT2D eigenvalue weighted by Crippen LogP contribution is 2.32. The average Bonchev–Trinajstić information content (AvgIpc) is 2.73. The third kappa shape index (κ3) is 2.61. The molecule has 0 saturated carbocycles. The zero-order chi connectivity index (χ0) is 14.0. The molecule has 2 rings (SSSR count). The maximum Gasteiger partial charge on any atom is 0.238 e. The van der Waals surface area contributed by atoms with E-state index in [1.54, 1.807) is 0 Å². The first-order chi connectivity index (χ1) is 9.06. The first kappa shape index (κ1) is 13.5. The predicted octanol–water partition coefficient (Wildman–Crippen LogP) is 1.13. The third-order valence-corrected chi connectivity index (χ3v) is 3.38. The number of nitrogens with two attached hydrogens (primary N) is 1. The number of carbonyl (C=O) groups excluding carboxylic acids is 2. The number of imide groups is 1. The number of carbonyl (C=O) groups is 2. The highest BCUT2D eigenvalue weighted by atomic mass is 16.2.